The number of carbonyl (C=O) groups is 1. The molecular formula is C12H20F3N3O. The number of carbonyl (C=O) groups excluding carboxylic acids is 1. The lowest BCUT2D eigenvalue weighted by Crippen LogP contribution is -2.53. The van der Waals surface area contributed by atoms with Crippen molar-refractivity contribution in [1.82, 2.24) is 15.1 Å². The molecule has 0 unspecified atom stereocenters. The average Bonchev–Trinajstić information content (AvgIpc) is 2.38. The lowest BCUT2D eigenvalue weighted by molar-refractivity contribution is -0.152. The van der Waals surface area contributed by atoms with Crippen molar-refractivity contribution in [3.05, 3.63) is 0 Å². The molecule has 2 heterocycles. The summed E-state index contributed by atoms with van der Waals surface area (Å²) in [6, 6.07) is 0. The predicted octanol–water partition coefficient (Wildman–Crippen LogP) is 0.692. The monoisotopic (exact) mass is 279 g/mol. The quantitative estimate of drug-likeness (QED) is 0.808. The van der Waals surface area contributed by atoms with Gasteiger partial charge in [0.25, 0.3) is 0 Å². The van der Waals surface area contributed by atoms with E-state index in [4.69, 9.17) is 0 Å². The van der Waals surface area contributed by atoms with Crippen LogP contribution in [0.2, 0.25) is 0 Å². The highest BCUT2D eigenvalue weighted by Crippen LogP contribution is 2.19. The van der Waals surface area contributed by atoms with Crippen molar-refractivity contribution < 1.29 is 18.0 Å². The summed E-state index contributed by atoms with van der Waals surface area (Å²) in [4.78, 5) is 15.3. The third-order valence-corrected chi connectivity index (χ3v) is 3.73. The molecule has 7 heteroatoms. The maximum Gasteiger partial charge on any atom is 0.401 e. The molecule has 2 fully saturated rings. The molecule has 0 saturated carbocycles. The molecule has 2 aliphatic rings. The Bertz CT molecular complexity index is 308. The van der Waals surface area contributed by atoms with Crippen LogP contribution >= 0.6 is 0 Å². The van der Waals surface area contributed by atoms with E-state index in [0.29, 0.717) is 32.7 Å². The molecule has 0 bridgehead atoms. The van der Waals surface area contributed by atoms with Crippen LogP contribution in [-0.4, -0.2) is 67.7 Å². The molecule has 19 heavy (non-hydrogen) atoms. The number of amides is 1. The minimum atomic E-state index is -4.15. The highest BCUT2D eigenvalue weighted by molar-refractivity contribution is 5.79. The van der Waals surface area contributed by atoms with Gasteiger partial charge in [0.2, 0.25) is 5.91 Å². The van der Waals surface area contributed by atoms with Crippen LogP contribution in [0.4, 0.5) is 13.2 Å². The van der Waals surface area contributed by atoms with Crippen molar-refractivity contribution in [2.45, 2.75) is 19.0 Å². The molecule has 0 radical (unpaired) electrons. The normalized spacial score (nSPS) is 26.5. The van der Waals surface area contributed by atoms with Crippen molar-refractivity contribution >= 4 is 5.91 Å². The van der Waals surface area contributed by atoms with Gasteiger partial charge < -0.3 is 10.2 Å². The summed E-state index contributed by atoms with van der Waals surface area (Å²) in [6.07, 6.45) is -2.28. The van der Waals surface area contributed by atoms with Crippen molar-refractivity contribution in [2.24, 2.45) is 5.92 Å². The Hall–Kier alpha value is -0.820. The Kier molecular flexibility index (Phi) is 4.67. The van der Waals surface area contributed by atoms with Gasteiger partial charge in [0.1, 0.15) is 0 Å². The fourth-order valence-corrected chi connectivity index (χ4v) is 2.70. The van der Waals surface area contributed by atoms with E-state index in [9.17, 15) is 18.0 Å². The summed E-state index contributed by atoms with van der Waals surface area (Å²) < 4.78 is 36.8. The number of piperidine rings is 1. The lowest BCUT2D eigenvalue weighted by atomic mass is 9.98. The van der Waals surface area contributed by atoms with Crippen LogP contribution in [0.5, 0.6) is 0 Å². The molecule has 1 N–H and O–H groups in total. The van der Waals surface area contributed by atoms with E-state index in [1.54, 1.807) is 4.90 Å². The highest BCUT2D eigenvalue weighted by Gasteiger charge is 2.34. The van der Waals surface area contributed by atoms with Crippen LogP contribution in [0.1, 0.15) is 12.8 Å². The number of hydrogen-bond acceptors (Lipinski definition) is 3. The fourth-order valence-electron chi connectivity index (χ4n) is 2.70. The van der Waals surface area contributed by atoms with Gasteiger partial charge in [-0.2, -0.15) is 13.2 Å². The van der Waals surface area contributed by atoms with Gasteiger partial charge in [-0.3, -0.25) is 9.69 Å². The third kappa shape index (κ3) is 4.35. The van der Waals surface area contributed by atoms with Crippen LogP contribution in [-0.2, 0) is 4.79 Å². The average molecular weight is 279 g/mol. The molecule has 2 saturated heterocycles. The van der Waals surface area contributed by atoms with Crippen LogP contribution in [0.15, 0.2) is 0 Å². The fraction of sp³-hybridized carbons (Fsp3) is 0.917. The Balaban J connectivity index is 1.77. The molecule has 0 aromatic carbocycles. The molecule has 4 nitrogen and oxygen atoms in total. The zero-order chi connectivity index (χ0) is 13.9. The molecule has 0 aromatic heterocycles. The first-order chi connectivity index (χ1) is 8.96. The first-order valence-electron chi connectivity index (χ1n) is 6.74. The molecule has 0 aromatic rings. The molecule has 2 rings (SSSR count). The highest BCUT2D eigenvalue weighted by atomic mass is 19.4. The number of rotatable bonds is 2. The van der Waals surface area contributed by atoms with E-state index >= 15 is 0 Å². The summed E-state index contributed by atoms with van der Waals surface area (Å²) in [5.41, 5.74) is 0. The smallest absolute Gasteiger partial charge is 0.340 e. The first-order valence-corrected chi connectivity index (χ1v) is 6.74. The van der Waals surface area contributed by atoms with Crippen molar-refractivity contribution in [2.75, 3.05) is 45.8 Å². The molecule has 2 aliphatic heterocycles. The van der Waals surface area contributed by atoms with Crippen LogP contribution in [0.3, 0.4) is 0 Å². The zero-order valence-electron chi connectivity index (χ0n) is 10.9. The van der Waals surface area contributed by atoms with E-state index in [2.05, 4.69) is 5.32 Å². The Morgan fingerprint density at radius 3 is 2.42 bits per heavy atom. The zero-order valence-corrected chi connectivity index (χ0v) is 10.9. The van der Waals surface area contributed by atoms with E-state index in [1.165, 1.54) is 4.90 Å². The molecule has 0 aliphatic carbocycles. The first kappa shape index (κ1) is 14.6. The molecule has 110 valence electrons. The number of alkyl halides is 3. The van der Waals surface area contributed by atoms with Crippen molar-refractivity contribution in [3.8, 4) is 0 Å². The van der Waals surface area contributed by atoms with Crippen LogP contribution in [0.25, 0.3) is 0 Å². The number of hydrogen-bond donors (Lipinski definition) is 1. The Labute approximate surface area is 110 Å². The second-order valence-corrected chi connectivity index (χ2v) is 5.26. The minimum absolute atomic E-state index is 0.00270. The molecule has 0 spiro atoms. The van der Waals surface area contributed by atoms with Gasteiger partial charge in [-0.25, -0.2) is 0 Å². The van der Waals surface area contributed by atoms with Gasteiger partial charge in [-0.05, 0) is 19.4 Å². The number of nitrogens with zero attached hydrogens (tertiary/aromatic N) is 2. The maximum absolute atomic E-state index is 12.3. The second kappa shape index (κ2) is 6.09. The van der Waals surface area contributed by atoms with Crippen LogP contribution < -0.4 is 5.32 Å². The number of halogens is 3. The SMILES string of the molecule is O=C([C@H]1CCCNC1)N1CCN(CC(F)(F)F)CC1. The predicted molar refractivity (Wildman–Crippen MR) is 64.7 cm³/mol. The number of piperazine rings is 1. The van der Waals surface area contributed by atoms with E-state index in [-0.39, 0.29) is 11.8 Å². The second-order valence-electron chi connectivity index (χ2n) is 5.26. The lowest BCUT2D eigenvalue weighted by Gasteiger charge is -2.37. The van der Waals surface area contributed by atoms with Gasteiger partial charge in [0, 0.05) is 32.7 Å². The van der Waals surface area contributed by atoms with Gasteiger partial charge in [-0.15, -0.1) is 0 Å². The van der Waals surface area contributed by atoms with Gasteiger partial charge >= 0.3 is 6.18 Å². The van der Waals surface area contributed by atoms with Crippen molar-refractivity contribution in [1.29, 1.82) is 0 Å². The maximum atomic E-state index is 12.3. The third-order valence-electron chi connectivity index (χ3n) is 3.73. The topological polar surface area (TPSA) is 35.6 Å². The Morgan fingerprint density at radius 2 is 1.89 bits per heavy atom. The summed E-state index contributed by atoms with van der Waals surface area (Å²) in [5, 5.41) is 3.19. The Morgan fingerprint density at radius 1 is 1.21 bits per heavy atom. The summed E-state index contributed by atoms with van der Waals surface area (Å²) in [6.45, 7) is 2.21. The van der Waals surface area contributed by atoms with E-state index in [1.807, 2.05) is 0 Å². The largest absolute Gasteiger partial charge is 0.401 e. The van der Waals surface area contributed by atoms with Gasteiger partial charge in [0.05, 0.1) is 12.5 Å². The summed E-state index contributed by atoms with van der Waals surface area (Å²) in [5.74, 6) is 0.0989. The molecule has 1 atom stereocenters. The van der Waals surface area contributed by atoms with Gasteiger partial charge in [0.15, 0.2) is 0 Å². The van der Waals surface area contributed by atoms with E-state index in [0.717, 1.165) is 19.4 Å². The standard InChI is InChI=1S/C12H20F3N3O/c13-12(14,15)9-17-4-6-18(7-5-17)11(19)10-2-1-3-16-8-10/h10,16H,1-9H2/t10-/m0/s1. The van der Waals surface area contributed by atoms with Crippen LogP contribution in [0, 0.1) is 5.92 Å². The molecular weight excluding hydrogens is 259 g/mol. The number of nitrogens with one attached hydrogen (secondary N) is 1. The van der Waals surface area contributed by atoms with Crippen molar-refractivity contribution in [3.63, 3.8) is 0 Å². The van der Waals surface area contributed by atoms with Gasteiger partial charge in [-0.1, -0.05) is 0 Å². The summed E-state index contributed by atoms with van der Waals surface area (Å²) >= 11 is 0. The molecule has 1 amide bonds. The summed E-state index contributed by atoms with van der Waals surface area (Å²) in [7, 11) is 0. The van der Waals surface area contributed by atoms with E-state index < -0.39 is 12.7 Å². The minimum Gasteiger partial charge on any atom is -0.340 e.